The third-order valence-electron chi connectivity index (χ3n) is 4.06. The number of esters is 1. The van der Waals surface area contributed by atoms with E-state index in [4.69, 9.17) is 4.74 Å². The van der Waals surface area contributed by atoms with Crippen LogP contribution in [0.1, 0.15) is 27.6 Å². The number of hydrogen-bond donors (Lipinski definition) is 1. The van der Waals surface area contributed by atoms with Gasteiger partial charge in [0.15, 0.2) is 5.78 Å². The smallest absolute Gasteiger partial charge is 0.321 e. The van der Waals surface area contributed by atoms with E-state index in [0.717, 1.165) is 17.8 Å². The molecule has 0 unspecified atom stereocenters. The Hall–Kier alpha value is -3.45. The Bertz CT molecular complexity index is 1070. The fraction of sp³-hybridized carbons (Fsp3) is 0.0870. The summed E-state index contributed by atoms with van der Waals surface area (Å²) >= 11 is 0.986. The summed E-state index contributed by atoms with van der Waals surface area (Å²) in [7, 11) is 0. The summed E-state index contributed by atoms with van der Waals surface area (Å²) in [5.41, 5.74) is 1.37. The van der Waals surface area contributed by atoms with Crippen LogP contribution < -0.4 is 10.1 Å². The van der Waals surface area contributed by atoms with Crippen molar-refractivity contribution in [3.63, 3.8) is 0 Å². The van der Waals surface area contributed by atoms with E-state index in [0.29, 0.717) is 17.0 Å². The summed E-state index contributed by atoms with van der Waals surface area (Å²) in [6.45, 7) is 1.36. The Morgan fingerprint density at radius 3 is 2.27 bits per heavy atom. The van der Waals surface area contributed by atoms with Gasteiger partial charge in [0.05, 0.1) is 5.75 Å². The largest absolute Gasteiger partial charge is 0.426 e. The van der Waals surface area contributed by atoms with E-state index < -0.39 is 11.8 Å². The van der Waals surface area contributed by atoms with Crippen LogP contribution in [-0.4, -0.2) is 23.4 Å². The van der Waals surface area contributed by atoms with Gasteiger partial charge in [0.2, 0.25) is 0 Å². The third kappa shape index (κ3) is 5.78. The zero-order valence-electron chi connectivity index (χ0n) is 16.1. The molecule has 0 spiro atoms. The number of rotatable bonds is 7. The lowest BCUT2D eigenvalue weighted by Crippen LogP contribution is -2.12. The van der Waals surface area contributed by atoms with Crippen LogP contribution in [0.2, 0.25) is 0 Å². The van der Waals surface area contributed by atoms with E-state index >= 15 is 0 Å². The lowest BCUT2D eigenvalue weighted by atomic mass is 10.1. The molecule has 7 heteroatoms. The molecule has 3 aromatic rings. The zero-order chi connectivity index (χ0) is 21.5. The van der Waals surface area contributed by atoms with E-state index in [1.54, 1.807) is 48.5 Å². The summed E-state index contributed by atoms with van der Waals surface area (Å²) in [6.07, 6.45) is 0. The number of hydrogen-bond acceptors (Lipinski definition) is 5. The Morgan fingerprint density at radius 2 is 1.63 bits per heavy atom. The molecule has 1 amide bonds. The molecule has 0 saturated heterocycles. The van der Waals surface area contributed by atoms with Crippen molar-refractivity contribution in [3.8, 4) is 5.75 Å². The van der Waals surface area contributed by atoms with Gasteiger partial charge in [-0.05, 0) is 55.5 Å². The Morgan fingerprint density at radius 1 is 0.933 bits per heavy atom. The average Bonchev–Trinajstić information content (AvgIpc) is 2.74. The molecule has 0 aromatic heterocycles. The van der Waals surface area contributed by atoms with Crippen molar-refractivity contribution in [2.24, 2.45) is 0 Å². The summed E-state index contributed by atoms with van der Waals surface area (Å²) < 4.78 is 19.2. The molecule has 0 aliphatic carbocycles. The summed E-state index contributed by atoms with van der Waals surface area (Å²) in [4.78, 5) is 35.7. The van der Waals surface area contributed by atoms with Gasteiger partial charge in [-0.1, -0.05) is 24.3 Å². The standard InChI is InChI=1S/C23H18FNO4S/c1-15(26)17-7-12-21(20(24)13-17)30-14-22(27)29-19-10-8-18(9-11-19)25-23(28)16-5-3-2-4-6-16/h2-13H,14H2,1H3,(H,25,28). The molecule has 5 nitrogen and oxygen atoms in total. The van der Waals surface area contributed by atoms with E-state index in [9.17, 15) is 18.8 Å². The summed E-state index contributed by atoms with van der Waals surface area (Å²) in [5.74, 6) is -1.35. The SMILES string of the molecule is CC(=O)c1ccc(SCC(=O)Oc2ccc(NC(=O)c3ccccc3)cc2)c(F)c1. The van der Waals surface area contributed by atoms with Gasteiger partial charge in [-0.25, -0.2) is 4.39 Å². The third-order valence-corrected chi connectivity index (χ3v) is 5.09. The lowest BCUT2D eigenvalue weighted by molar-refractivity contribution is -0.131. The van der Waals surface area contributed by atoms with Gasteiger partial charge >= 0.3 is 5.97 Å². The first-order valence-electron chi connectivity index (χ1n) is 9.03. The van der Waals surface area contributed by atoms with E-state index in [-0.39, 0.29) is 27.9 Å². The second kappa shape index (κ2) is 9.84. The van der Waals surface area contributed by atoms with Gasteiger partial charge in [0, 0.05) is 21.7 Å². The number of carbonyl (C=O) groups excluding carboxylic acids is 3. The van der Waals surface area contributed by atoms with Crippen molar-refractivity contribution in [3.05, 3.63) is 89.7 Å². The number of amides is 1. The van der Waals surface area contributed by atoms with Crippen molar-refractivity contribution in [1.29, 1.82) is 0 Å². The Kier molecular flexibility index (Phi) is 6.98. The molecule has 3 rings (SSSR count). The van der Waals surface area contributed by atoms with Crippen molar-refractivity contribution < 1.29 is 23.5 Å². The van der Waals surface area contributed by atoms with Gasteiger partial charge in [0.1, 0.15) is 11.6 Å². The molecule has 0 bridgehead atoms. The van der Waals surface area contributed by atoms with Crippen LogP contribution in [0.4, 0.5) is 10.1 Å². The fourth-order valence-corrected chi connectivity index (χ4v) is 3.23. The monoisotopic (exact) mass is 423 g/mol. The van der Waals surface area contributed by atoms with E-state index in [1.807, 2.05) is 6.07 Å². The molecule has 0 saturated carbocycles. The number of benzene rings is 3. The predicted molar refractivity (Wildman–Crippen MR) is 114 cm³/mol. The number of ketones is 1. The molecule has 0 aliphatic rings. The molecular formula is C23H18FNO4S. The number of halogens is 1. The first-order valence-corrected chi connectivity index (χ1v) is 10.0. The number of Topliss-reactive ketones (excluding diaryl/α,β-unsaturated/α-hetero) is 1. The van der Waals surface area contributed by atoms with Crippen LogP contribution in [0.15, 0.2) is 77.7 Å². The van der Waals surface area contributed by atoms with Crippen LogP contribution in [0.25, 0.3) is 0 Å². The van der Waals surface area contributed by atoms with Crippen LogP contribution in [0.5, 0.6) is 5.75 Å². The van der Waals surface area contributed by atoms with Gasteiger partial charge < -0.3 is 10.1 Å². The minimum Gasteiger partial charge on any atom is -0.426 e. The molecular weight excluding hydrogens is 405 g/mol. The normalized spacial score (nSPS) is 10.3. The minimum atomic E-state index is -0.556. The van der Waals surface area contributed by atoms with Gasteiger partial charge in [-0.3, -0.25) is 14.4 Å². The quantitative estimate of drug-likeness (QED) is 0.251. The average molecular weight is 423 g/mol. The highest BCUT2D eigenvalue weighted by Crippen LogP contribution is 2.24. The predicted octanol–water partition coefficient (Wildman–Crippen LogP) is 4.98. The summed E-state index contributed by atoms with van der Waals surface area (Å²) in [6, 6.07) is 19.3. The highest BCUT2D eigenvalue weighted by Gasteiger charge is 2.11. The number of nitrogens with one attached hydrogen (secondary N) is 1. The number of anilines is 1. The number of ether oxygens (including phenoxy) is 1. The molecule has 0 radical (unpaired) electrons. The van der Waals surface area contributed by atoms with Crippen molar-refractivity contribution in [2.45, 2.75) is 11.8 Å². The van der Waals surface area contributed by atoms with Crippen LogP contribution in [0.3, 0.4) is 0 Å². The van der Waals surface area contributed by atoms with Gasteiger partial charge in [-0.2, -0.15) is 0 Å². The Labute approximate surface area is 177 Å². The van der Waals surface area contributed by atoms with Crippen molar-refractivity contribution in [2.75, 3.05) is 11.1 Å². The van der Waals surface area contributed by atoms with Crippen molar-refractivity contribution in [1.82, 2.24) is 0 Å². The number of carbonyl (C=O) groups is 3. The molecule has 0 heterocycles. The van der Waals surface area contributed by atoms with Gasteiger partial charge in [-0.15, -0.1) is 11.8 Å². The van der Waals surface area contributed by atoms with Crippen LogP contribution in [0, 0.1) is 5.82 Å². The molecule has 152 valence electrons. The fourth-order valence-electron chi connectivity index (χ4n) is 2.53. The zero-order valence-corrected chi connectivity index (χ0v) is 16.9. The first kappa shape index (κ1) is 21.3. The van der Waals surface area contributed by atoms with E-state index in [2.05, 4.69) is 5.32 Å². The topological polar surface area (TPSA) is 72.5 Å². The van der Waals surface area contributed by atoms with Crippen LogP contribution >= 0.6 is 11.8 Å². The molecule has 0 aliphatic heterocycles. The number of thioether (sulfide) groups is 1. The maximum atomic E-state index is 14.0. The maximum Gasteiger partial charge on any atom is 0.321 e. The maximum absolute atomic E-state index is 14.0. The lowest BCUT2D eigenvalue weighted by Gasteiger charge is -2.08. The minimum absolute atomic E-state index is 0.0944. The molecule has 1 N–H and O–H groups in total. The van der Waals surface area contributed by atoms with Crippen LogP contribution in [-0.2, 0) is 4.79 Å². The summed E-state index contributed by atoms with van der Waals surface area (Å²) in [5, 5.41) is 2.75. The van der Waals surface area contributed by atoms with Crippen molar-refractivity contribution >= 4 is 35.1 Å². The van der Waals surface area contributed by atoms with E-state index in [1.165, 1.54) is 19.1 Å². The highest BCUT2D eigenvalue weighted by atomic mass is 32.2. The highest BCUT2D eigenvalue weighted by molar-refractivity contribution is 8.00. The van der Waals surface area contributed by atoms with Gasteiger partial charge in [0.25, 0.3) is 5.91 Å². The second-order valence-electron chi connectivity index (χ2n) is 6.31. The molecule has 0 fully saturated rings. The molecule has 30 heavy (non-hydrogen) atoms. The second-order valence-corrected chi connectivity index (χ2v) is 7.33. The first-order chi connectivity index (χ1) is 14.4. The Balaban J connectivity index is 1.52. The molecule has 3 aromatic carbocycles. The molecule has 0 atom stereocenters.